The summed E-state index contributed by atoms with van der Waals surface area (Å²) in [4.78, 5) is 0. The molecule has 0 N–H and O–H groups in total. The molecule has 1 heterocycles. The lowest BCUT2D eigenvalue weighted by molar-refractivity contribution is 0.343. The van der Waals surface area contributed by atoms with E-state index in [-0.39, 0.29) is 10.8 Å². The first-order valence-corrected chi connectivity index (χ1v) is 7.19. The van der Waals surface area contributed by atoms with Gasteiger partial charge in [-0.1, -0.05) is 36.7 Å². The first-order valence-electron chi connectivity index (χ1n) is 5.96. The fraction of sp³-hybridized carbons (Fsp3) is 0.571. The highest BCUT2D eigenvalue weighted by molar-refractivity contribution is 9.10. The van der Waals surface area contributed by atoms with Gasteiger partial charge in [-0.15, -0.1) is 11.6 Å². The molecule has 1 aliphatic heterocycles. The van der Waals surface area contributed by atoms with E-state index in [9.17, 15) is 0 Å². The van der Waals surface area contributed by atoms with E-state index in [0.29, 0.717) is 0 Å². The summed E-state index contributed by atoms with van der Waals surface area (Å²) in [5.41, 5.74) is 2.62. The van der Waals surface area contributed by atoms with Crippen molar-refractivity contribution >= 4 is 27.5 Å². The number of ether oxygens (including phenoxy) is 1. The molecule has 1 aromatic rings. The van der Waals surface area contributed by atoms with Crippen LogP contribution in [-0.4, -0.2) is 6.61 Å². The van der Waals surface area contributed by atoms with Crippen LogP contribution in [-0.2, 0) is 6.42 Å². The van der Waals surface area contributed by atoms with Gasteiger partial charge in [-0.3, -0.25) is 0 Å². The summed E-state index contributed by atoms with van der Waals surface area (Å²) in [5.74, 6) is 1.01. The third kappa shape index (κ3) is 3.17. The predicted octanol–water partition coefficient (Wildman–Crippen LogP) is 5.10. The van der Waals surface area contributed by atoms with Crippen molar-refractivity contribution in [3.8, 4) is 5.75 Å². The first-order chi connectivity index (χ1) is 7.87. The molecule has 0 amide bonds. The molecule has 2 rings (SSSR count). The molecule has 1 nitrogen and oxygen atoms in total. The minimum absolute atomic E-state index is 0.0133. The second-order valence-electron chi connectivity index (χ2n) is 5.81. The lowest BCUT2D eigenvalue weighted by atomic mass is 9.88. The van der Waals surface area contributed by atoms with Gasteiger partial charge in [0.25, 0.3) is 0 Å². The van der Waals surface area contributed by atoms with Gasteiger partial charge in [0.15, 0.2) is 0 Å². The molecule has 1 atom stereocenters. The Hall–Kier alpha value is -0.210. The maximum Gasteiger partial charge on any atom is 0.127 e. The van der Waals surface area contributed by atoms with E-state index in [1.165, 1.54) is 5.56 Å². The zero-order chi connectivity index (χ0) is 12.6. The smallest absolute Gasteiger partial charge is 0.127 e. The van der Waals surface area contributed by atoms with Crippen LogP contribution in [0.1, 0.15) is 43.7 Å². The molecule has 0 saturated heterocycles. The molecule has 0 spiro atoms. The first kappa shape index (κ1) is 13.2. The lowest BCUT2D eigenvalue weighted by Gasteiger charge is -2.23. The standard InChI is InChI=1S/C14H18BrClO/c1-14(2,3)8-12(16)11-7-10(15)6-9-4-5-17-13(9)11/h6-7,12H,4-5,8H2,1-3H3. The van der Waals surface area contributed by atoms with Crippen LogP contribution in [0.4, 0.5) is 0 Å². The monoisotopic (exact) mass is 316 g/mol. The van der Waals surface area contributed by atoms with E-state index < -0.39 is 0 Å². The van der Waals surface area contributed by atoms with Gasteiger partial charge in [0, 0.05) is 16.5 Å². The van der Waals surface area contributed by atoms with Crippen molar-refractivity contribution in [2.75, 3.05) is 6.61 Å². The molecule has 0 bridgehead atoms. The molecule has 94 valence electrons. The van der Waals surface area contributed by atoms with Crippen LogP contribution < -0.4 is 4.74 Å². The molecular formula is C14H18BrClO. The highest BCUT2D eigenvalue weighted by Gasteiger charge is 2.25. The highest BCUT2D eigenvalue weighted by atomic mass is 79.9. The van der Waals surface area contributed by atoms with Crippen molar-refractivity contribution in [2.45, 2.75) is 39.0 Å². The Bertz CT molecular complexity index is 423. The van der Waals surface area contributed by atoms with Crippen LogP contribution in [0, 0.1) is 5.41 Å². The number of benzene rings is 1. The van der Waals surface area contributed by atoms with Gasteiger partial charge in [0.2, 0.25) is 0 Å². The Balaban J connectivity index is 2.32. The number of hydrogen-bond donors (Lipinski definition) is 0. The van der Waals surface area contributed by atoms with Crippen LogP contribution in [0.25, 0.3) is 0 Å². The molecule has 3 heteroatoms. The third-order valence-corrected chi connectivity index (χ3v) is 3.75. The molecule has 0 aliphatic carbocycles. The van der Waals surface area contributed by atoms with Crippen molar-refractivity contribution in [1.82, 2.24) is 0 Å². The van der Waals surface area contributed by atoms with Gasteiger partial charge in [0.1, 0.15) is 5.75 Å². The summed E-state index contributed by atoms with van der Waals surface area (Å²) in [7, 11) is 0. The van der Waals surface area contributed by atoms with Crippen molar-refractivity contribution in [3.63, 3.8) is 0 Å². The number of halogens is 2. The second kappa shape index (κ2) is 4.81. The fourth-order valence-corrected chi connectivity index (χ4v) is 3.33. The quantitative estimate of drug-likeness (QED) is 0.690. The topological polar surface area (TPSA) is 9.23 Å². The van der Waals surface area contributed by atoms with Gasteiger partial charge in [-0.05, 0) is 29.5 Å². The summed E-state index contributed by atoms with van der Waals surface area (Å²) in [6, 6.07) is 4.22. The van der Waals surface area contributed by atoms with Crippen molar-refractivity contribution in [1.29, 1.82) is 0 Å². The van der Waals surface area contributed by atoms with E-state index in [4.69, 9.17) is 16.3 Å². The Kier molecular flexibility index (Phi) is 3.74. The largest absolute Gasteiger partial charge is 0.493 e. The van der Waals surface area contributed by atoms with Crippen LogP contribution in [0.2, 0.25) is 0 Å². The third-order valence-electron chi connectivity index (χ3n) is 2.91. The molecule has 0 aromatic heterocycles. The summed E-state index contributed by atoms with van der Waals surface area (Å²) in [6.45, 7) is 7.41. The molecular weight excluding hydrogens is 300 g/mol. The average molecular weight is 318 g/mol. The Morgan fingerprint density at radius 2 is 2.12 bits per heavy atom. The average Bonchev–Trinajstić information content (AvgIpc) is 2.60. The molecule has 0 fully saturated rings. The van der Waals surface area contributed by atoms with E-state index in [1.807, 2.05) is 0 Å². The maximum atomic E-state index is 6.55. The van der Waals surface area contributed by atoms with E-state index in [0.717, 1.165) is 35.2 Å². The molecule has 0 radical (unpaired) electrons. The van der Waals surface area contributed by atoms with E-state index >= 15 is 0 Å². The number of rotatable bonds is 2. The zero-order valence-electron chi connectivity index (χ0n) is 10.5. The lowest BCUT2D eigenvalue weighted by Crippen LogP contribution is -2.09. The van der Waals surface area contributed by atoms with E-state index in [2.05, 4.69) is 48.8 Å². The fourth-order valence-electron chi connectivity index (χ4n) is 2.18. The summed E-state index contributed by atoms with van der Waals surface area (Å²) in [5, 5.41) is 0.0133. The Morgan fingerprint density at radius 3 is 2.76 bits per heavy atom. The molecule has 1 unspecified atom stereocenters. The molecule has 1 aromatic carbocycles. The summed E-state index contributed by atoms with van der Waals surface area (Å²) >= 11 is 10.1. The SMILES string of the molecule is CC(C)(C)CC(Cl)c1cc(Br)cc2c1OCC2. The second-order valence-corrected chi connectivity index (χ2v) is 7.26. The van der Waals surface area contributed by atoms with Gasteiger partial charge >= 0.3 is 0 Å². The zero-order valence-corrected chi connectivity index (χ0v) is 12.9. The van der Waals surface area contributed by atoms with E-state index in [1.54, 1.807) is 0 Å². The summed E-state index contributed by atoms with van der Waals surface area (Å²) in [6.07, 6.45) is 1.93. The van der Waals surface area contributed by atoms with Gasteiger partial charge in [-0.2, -0.15) is 0 Å². The van der Waals surface area contributed by atoms with Crippen LogP contribution in [0.5, 0.6) is 5.75 Å². The van der Waals surface area contributed by atoms with Crippen molar-refractivity contribution in [2.24, 2.45) is 5.41 Å². The minimum Gasteiger partial charge on any atom is -0.493 e. The van der Waals surface area contributed by atoms with Gasteiger partial charge in [0.05, 0.1) is 12.0 Å². The maximum absolute atomic E-state index is 6.55. The predicted molar refractivity (Wildman–Crippen MR) is 76.0 cm³/mol. The van der Waals surface area contributed by atoms with Gasteiger partial charge < -0.3 is 4.74 Å². The van der Waals surface area contributed by atoms with Crippen LogP contribution in [0.3, 0.4) is 0 Å². The molecule has 1 aliphatic rings. The van der Waals surface area contributed by atoms with Crippen LogP contribution in [0.15, 0.2) is 16.6 Å². The van der Waals surface area contributed by atoms with Gasteiger partial charge in [-0.25, -0.2) is 0 Å². The highest BCUT2D eigenvalue weighted by Crippen LogP contribution is 2.43. The molecule has 17 heavy (non-hydrogen) atoms. The van der Waals surface area contributed by atoms with Crippen LogP contribution >= 0.6 is 27.5 Å². The molecule has 0 saturated carbocycles. The number of alkyl halides is 1. The van der Waals surface area contributed by atoms with Crippen molar-refractivity contribution < 1.29 is 4.74 Å². The Morgan fingerprint density at radius 1 is 1.41 bits per heavy atom. The Labute approximate surface area is 117 Å². The summed E-state index contributed by atoms with van der Waals surface area (Å²) < 4.78 is 6.81. The minimum atomic E-state index is 0.0133. The number of hydrogen-bond acceptors (Lipinski definition) is 1. The normalized spacial score (nSPS) is 16.5. The van der Waals surface area contributed by atoms with Crippen molar-refractivity contribution in [3.05, 3.63) is 27.7 Å². The number of fused-ring (bicyclic) bond motifs is 1.